The fourth-order valence-electron chi connectivity index (χ4n) is 3.47. The zero-order valence-electron chi connectivity index (χ0n) is 15.2. The van der Waals surface area contributed by atoms with Gasteiger partial charge in [-0.1, -0.05) is 12.1 Å². The Labute approximate surface area is 153 Å². The highest BCUT2D eigenvalue weighted by atomic mass is 16.5. The average molecular weight is 355 g/mol. The van der Waals surface area contributed by atoms with Gasteiger partial charge in [0.15, 0.2) is 0 Å². The molecule has 0 saturated carbocycles. The Morgan fingerprint density at radius 3 is 2.65 bits per heavy atom. The average Bonchev–Trinajstić information content (AvgIpc) is 2.62. The molecule has 0 spiro atoms. The zero-order chi connectivity index (χ0) is 18.7. The Kier molecular flexibility index (Phi) is 5.54. The number of ether oxygens (including phenoxy) is 1. The topological polar surface area (TPSA) is 88.7 Å². The molecule has 2 aromatic rings. The lowest BCUT2D eigenvalue weighted by Crippen LogP contribution is -2.18. The van der Waals surface area contributed by atoms with Gasteiger partial charge in [-0.3, -0.25) is 0 Å². The van der Waals surface area contributed by atoms with Gasteiger partial charge in [-0.15, -0.1) is 0 Å². The van der Waals surface area contributed by atoms with Crippen LogP contribution < -0.4 is 5.73 Å². The molecule has 2 heterocycles. The highest BCUT2D eigenvalue weighted by Gasteiger charge is 2.20. The SMILES string of the molecule is CN(C)Cc1cc(-c2cnc(N)c(C(=O)O)c2)ccc1C1CCOCC1. The highest BCUT2D eigenvalue weighted by Crippen LogP contribution is 2.33. The van der Waals surface area contributed by atoms with Gasteiger partial charge in [0, 0.05) is 31.5 Å². The van der Waals surface area contributed by atoms with Crippen LogP contribution in [0.4, 0.5) is 5.82 Å². The van der Waals surface area contributed by atoms with Gasteiger partial charge in [0.1, 0.15) is 11.4 Å². The quantitative estimate of drug-likeness (QED) is 0.857. The second-order valence-electron chi connectivity index (χ2n) is 7.00. The highest BCUT2D eigenvalue weighted by molar-refractivity contribution is 5.94. The minimum Gasteiger partial charge on any atom is -0.478 e. The summed E-state index contributed by atoms with van der Waals surface area (Å²) in [6, 6.07) is 7.95. The first-order chi connectivity index (χ1) is 12.5. The van der Waals surface area contributed by atoms with Crippen molar-refractivity contribution in [3.8, 4) is 11.1 Å². The van der Waals surface area contributed by atoms with Gasteiger partial charge in [0.2, 0.25) is 0 Å². The standard InChI is InChI=1S/C20H25N3O3/c1-23(2)12-16-9-14(3-4-17(16)13-5-7-26-8-6-13)15-10-18(20(24)25)19(21)22-11-15/h3-4,9-11,13H,5-8,12H2,1-2H3,(H2,21,22)(H,24,25). The summed E-state index contributed by atoms with van der Waals surface area (Å²) in [5.74, 6) is -0.523. The predicted molar refractivity (Wildman–Crippen MR) is 101 cm³/mol. The number of carboxylic acids is 1. The number of aromatic nitrogens is 1. The molecular formula is C20H25N3O3. The molecule has 1 aromatic heterocycles. The van der Waals surface area contributed by atoms with Crippen LogP contribution in [0.25, 0.3) is 11.1 Å². The Balaban J connectivity index is 2.01. The van der Waals surface area contributed by atoms with Gasteiger partial charge in [-0.2, -0.15) is 0 Å². The molecule has 138 valence electrons. The van der Waals surface area contributed by atoms with Gasteiger partial charge in [-0.05, 0) is 61.7 Å². The Bertz CT molecular complexity index is 799. The maximum atomic E-state index is 11.3. The molecule has 0 amide bonds. The smallest absolute Gasteiger partial charge is 0.339 e. The van der Waals surface area contributed by atoms with Crippen molar-refractivity contribution in [2.45, 2.75) is 25.3 Å². The lowest BCUT2D eigenvalue weighted by molar-refractivity contribution is 0.0697. The number of benzene rings is 1. The van der Waals surface area contributed by atoms with E-state index in [9.17, 15) is 9.90 Å². The van der Waals surface area contributed by atoms with E-state index in [0.29, 0.717) is 5.92 Å². The number of nitrogens with zero attached hydrogens (tertiary/aromatic N) is 2. The van der Waals surface area contributed by atoms with Crippen molar-refractivity contribution in [1.29, 1.82) is 0 Å². The minimum absolute atomic E-state index is 0.0326. The van der Waals surface area contributed by atoms with Crippen LogP contribution in [0.5, 0.6) is 0 Å². The summed E-state index contributed by atoms with van der Waals surface area (Å²) in [6.07, 6.45) is 3.70. The molecule has 1 fully saturated rings. The maximum Gasteiger partial charge on any atom is 0.339 e. The first-order valence-electron chi connectivity index (χ1n) is 8.80. The van der Waals surface area contributed by atoms with Crippen LogP contribution in [0.15, 0.2) is 30.5 Å². The van der Waals surface area contributed by atoms with Gasteiger partial charge in [0.05, 0.1) is 0 Å². The summed E-state index contributed by atoms with van der Waals surface area (Å²) in [7, 11) is 4.10. The van der Waals surface area contributed by atoms with Crippen LogP contribution in [-0.4, -0.2) is 48.3 Å². The maximum absolute atomic E-state index is 11.3. The van der Waals surface area contributed by atoms with E-state index in [0.717, 1.165) is 43.7 Å². The Morgan fingerprint density at radius 2 is 2.00 bits per heavy atom. The van der Waals surface area contributed by atoms with Gasteiger partial charge in [-0.25, -0.2) is 9.78 Å². The lowest BCUT2D eigenvalue weighted by atomic mass is 9.86. The first kappa shape index (κ1) is 18.4. The summed E-state index contributed by atoms with van der Waals surface area (Å²) < 4.78 is 5.50. The minimum atomic E-state index is -1.07. The molecule has 6 heteroatoms. The van der Waals surface area contributed by atoms with Gasteiger partial charge >= 0.3 is 5.97 Å². The van der Waals surface area contributed by atoms with E-state index >= 15 is 0 Å². The third-order valence-electron chi connectivity index (χ3n) is 4.77. The number of aromatic carboxylic acids is 1. The predicted octanol–water partition coefficient (Wildman–Crippen LogP) is 2.98. The van der Waals surface area contributed by atoms with E-state index in [1.807, 2.05) is 20.2 Å². The van der Waals surface area contributed by atoms with Crippen LogP contribution in [0, 0.1) is 0 Å². The van der Waals surface area contributed by atoms with Crippen molar-refractivity contribution < 1.29 is 14.6 Å². The molecule has 0 aliphatic carbocycles. The van der Waals surface area contributed by atoms with Crippen molar-refractivity contribution in [2.24, 2.45) is 0 Å². The zero-order valence-corrected chi connectivity index (χ0v) is 15.2. The normalized spacial score (nSPS) is 15.3. The van der Waals surface area contributed by atoms with Gasteiger partial charge in [0.25, 0.3) is 0 Å². The summed E-state index contributed by atoms with van der Waals surface area (Å²) >= 11 is 0. The molecule has 1 aliphatic rings. The largest absolute Gasteiger partial charge is 0.478 e. The lowest BCUT2D eigenvalue weighted by Gasteiger charge is -2.26. The summed E-state index contributed by atoms with van der Waals surface area (Å²) in [6.45, 7) is 2.43. The van der Waals surface area contributed by atoms with E-state index in [2.05, 4.69) is 22.0 Å². The molecule has 0 unspecified atom stereocenters. The van der Waals surface area contributed by atoms with Crippen LogP contribution in [0.2, 0.25) is 0 Å². The van der Waals surface area contributed by atoms with Gasteiger partial charge < -0.3 is 20.5 Å². The van der Waals surface area contributed by atoms with Crippen molar-refractivity contribution in [2.75, 3.05) is 33.0 Å². The van der Waals surface area contributed by atoms with Crippen molar-refractivity contribution in [3.05, 3.63) is 47.2 Å². The summed E-state index contributed by atoms with van der Waals surface area (Å²) in [4.78, 5) is 17.5. The Morgan fingerprint density at radius 1 is 1.27 bits per heavy atom. The number of hydrogen-bond donors (Lipinski definition) is 2. The number of carbonyl (C=O) groups is 1. The molecule has 1 aromatic carbocycles. The number of hydrogen-bond acceptors (Lipinski definition) is 5. The van der Waals surface area contributed by atoms with Crippen molar-refractivity contribution >= 4 is 11.8 Å². The molecule has 1 saturated heterocycles. The van der Waals surface area contributed by atoms with Crippen LogP contribution in [0.1, 0.15) is 40.2 Å². The van der Waals surface area contributed by atoms with Crippen molar-refractivity contribution in [1.82, 2.24) is 9.88 Å². The van der Waals surface area contributed by atoms with Crippen LogP contribution in [0.3, 0.4) is 0 Å². The van der Waals surface area contributed by atoms with Crippen LogP contribution in [-0.2, 0) is 11.3 Å². The number of rotatable bonds is 5. The number of nitrogens with two attached hydrogens (primary N) is 1. The molecule has 26 heavy (non-hydrogen) atoms. The molecule has 0 bridgehead atoms. The molecule has 6 nitrogen and oxygen atoms in total. The van der Waals surface area contributed by atoms with E-state index in [1.54, 1.807) is 12.3 Å². The number of anilines is 1. The summed E-state index contributed by atoms with van der Waals surface area (Å²) in [5, 5.41) is 9.29. The monoisotopic (exact) mass is 355 g/mol. The third-order valence-corrected chi connectivity index (χ3v) is 4.77. The van der Waals surface area contributed by atoms with E-state index < -0.39 is 5.97 Å². The fraction of sp³-hybridized carbons (Fsp3) is 0.400. The number of pyridine rings is 1. The molecule has 1 aliphatic heterocycles. The molecule has 3 N–H and O–H groups in total. The summed E-state index contributed by atoms with van der Waals surface area (Å²) in [5.41, 5.74) is 10.0. The second kappa shape index (κ2) is 7.85. The van der Waals surface area contributed by atoms with Crippen LogP contribution >= 0.6 is 0 Å². The molecule has 0 atom stereocenters. The van der Waals surface area contributed by atoms with E-state index in [1.165, 1.54) is 11.1 Å². The molecular weight excluding hydrogens is 330 g/mol. The first-order valence-corrected chi connectivity index (χ1v) is 8.80. The van der Waals surface area contributed by atoms with Crippen molar-refractivity contribution in [3.63, 3.8) is 0 Å². The molecule has 0 radical (unpaired) electrons. The molecule has 3 rings (SSSR count). The fourth-order valence-corrected chi connectivity index (χ4v) is 3.47. The number of carboxylic acid groups (broad SMARTS) is 1. The third kappa shape index (κ3) is 4.03. The Hall–Kier alpha value is -2.44. The van der Waals surface area contributed by atoms with E-state index in [4.69, 9.17) is 10.5 Å². The number of nitrogen functional groups attached to an aromatic ring is 1. The second-order valence-corrected chi connectivity index (χ2v) is 7.00. The van der Waals surface area contributed by atoms with E-state index in [-0.39, 0.29) is 11.4 Å².